The fraction of sp³-hybridized carbons (Fsp3) is 1.00. The predicted molar refractivity (Wildman–Crippen MR) is 43.4 cm³/mol. The van der Waals surface area contributed by atoms with Crippen LogP contribution in [0.4, 0.5) is 0 Å². The zero-order chi connectivity index (χ0) is 6.69. The van der Waals surface area contributed by atoms with Crippen molar-refractivity contribution in [2.45, 2.75) is 31.4 Å². The van der Waals surface area contributed by atoms with Crippen LogP contribution in [0.1, 0.15) is 19.3 Å². The fourth-order valence-corrected chi connectivity index (χ4v) is 1.95. The highest BCUT2D eigenvalue weighted by Crippen LogP contribution is 2.20. The van der Waals surface area contributed by atoms with Gasteiger partial charge in [0.1, 0.15) is 0 Å². The van der Waals surface area contributed by atoms with Gasteiger partial charge in [0.15, 0.2) is 0 Å². The molecular formula is C5H11NOS2. The zero-order valence-corrected chi connectivity index (χ0v) is 6.79. The van der Waals surface area contributed by atoms with Crippen molar-refractivity contribution in [1.82, 2.24) is 4.72 Å². The zero-order valence-electron chi connectivity index (χ0n) is 5.08. The Morgan fingerprint density at radius 2 is 2.33 bits per heavy atom. The van der Waals surface area contributed by atoms with Crippen LogP contribution >= 0.6 is 22.6 Å². The SMILES string of the molecule is O[C@H]1CC[C@H](NSS)C1. The van der Waals surface area contributed by atoms with Gasteiger partial charge >= 0.3 is 0 Å². The molecule has 1 aliphatic carbocycles. The lowest BCUT2D eigenvalue weighted by Gasteiger charge is -2.06. The van der Waals surface area contributed by atoms with E-state index in [1.807, 2.05) is 0 Å². The molecule has 0 aromatic carbocycles. The molecule has 2 N–H and O–H groups in total. The molecule has 0 radical (unpaired) electrons. The van der Waals surface area contributed by atoms with Crippen LogP contribution in [0.25, 0.3) is 0 Å². The van der Waals surface area contributed by atoms with Gasteiger partial charge in [-0.1, -0.05) is 11.7 Å². The van der Waals surface area contributed by atoms with E-state index in [9.17, 15) is 0 Å². The molecule has 0 bridgehead atoms. The number of hydrogen-bond acceptors (Lipinski definition) is 4. The maximum Gasteiger partial charge on any atom is 0.0556 e. The second-order valence-corrected chi connectivity index (χ2v) is 3.34. The summed E-state index contributed by atoms with van der Waals surface area (Å²) in [6.45, 7) is 0. The second kappa shape index (κ2) is 3.71. The molecule has 0 amide bonds. The Morgan fingerprint density at radius 3 is 2.78 bits per heavy atom. The minimum Gasteiger partial charge on any atom is -0.393 e. The molecule has 54 valence electrons. The molecule has 1 aliphatic rings. The first-order chi connectivity index (χ1) is 4.33. The van der Waals surface area contributed by atoms with Gasteiger partial charge in [0.25, 0.3) is 0 Å². The van der Waals surface area contributed by atoms with Gasteiger partial charge in [-0.2, -0.15) is 0 Å². The summed E-state index contributed by atoms with van der Waals surface area (Å²) in [5.41, 5.74) is 0. The number of nitrogens with one attached hydrogen (secondary N) is 1. The van der Waals surface area contributed by atoms with E-state index in [0.29, 0.717) is 6.04 Å². The molecular weight excluding hydrogens is 154 g/mol. The summed E-state index contributed by atoms with van der Waals surface area (Å²) in [4.78, 5) is 0. The summed E-state index contributed by atoms with van der Waals surface area (Å²) in [7, 11) is 1.33. The lowest BCUT2D eigenvalue weighted by Crippen LogP contribution is -2.18. The monoisotopic (exact) mass is 165 g/mol. The smallest absolute Gasteiger partial charge is 0.0556 e. The fourth-order valence-electron chi connectivity index (χ4n) is 1.14. The Hall–Kier alpha value is 0.620. The molecule has 1 rings (SSSR count). The average molecular weight is 165 g/mol. The summed E-state index contributed by atoms with van der Waals surface area (Å²) >= 11 is 3.95. The predicted octanol–water partition coefficient (Wildman–Crippen LogP) is 0.982. The van der Waals surface area contributed by atoms with Crippen molar-refractivity contribution in [1.29, 1.82) is 0 Å². The van der Waals surface area contributed by atoms with Crippen LogP contribution in [0, 0.1) is 0 Å². The summed E-state index contributed by atoms with van der Waals surface area (Å²) in [5.74, 6) is 0. The molecule has 0 saturated heterocycles. The van der Waals surface area contributed by atoms with Gasteiger partial charge in [0.05, 0.1) is 6.10 Å². The van der Waals surface area contributed by atoms with E-state index in [-0.39, 0.29) is 6.10 Å². The van der Waals surface area contributed by atoms with Crippen LogP contribution in [0.2, 0.25) is 0 Å². The molecule has 0 heterocycles. The largest absolute Gasteiger partial charge is 0.393 e. The highest BCUT2D eigenvalue weighted by atomic mass is 33.1. The third-order valence-electron chi connectivity index (χ3n) is 1.62. The van der Waals surface area contributed by atoms with Gasteiger partial charge in [-0.05, 0) is 30.2 Å². The van der Waals surface area contributed by atoms with Crippen LogP contribution in [0.5, 0.6) is 0 Å². The third-order valence-corrected chi connectivity index (χ3v) is 2.38. The van der Waals surface area contributed by atoms with Gasteiger partial charge in [0.2, 0.25) is 0 Å². The topological polar surface area (TPSA) is 32.3 Å². The van der Waals surface area contributed by atoms with Crippen LogP contribution in [-0.2, 0) is 0 Å². The quantitative estimate of drug-likeness (QED) is 0.324. The average Bonchev–Trinajstić information content (AvgIpc) is 2.17. The van der Waals surface area contributed by atoms with Gasteiger partial charge in [-0.3, -0.25) is 4.72 Å². The van der Waals surface area contributed by atoms with E-state index >= 15 is 0 Å². The lowest BCUT2D eigenvalue weighted by atomic mass is 10.3. The maximum atomic E-state index is 9.05. The van der Waals surface area contributed by atoms with E-state index in [4.69, 9.17) is 5.11 Å². The van der Waals surface area contributed by atoms with E-state index in [1.165, 1.54) is 11.0 Å². The number of thiol groups is 1. The molecule has 9 heavy (non-hydrogen) atoms. The van der Waals surface area contributed by atoms with E-state index in [2.05, 4.69) is 16.4 Å². The van der Waals surface area contributed by atoms with Gasteiger partial charge in [-0.15, -0.1) is 0 Å². The van der Waals surface area contributed by atoms with Gasteiger partial charge in [0, 0.05) is 6.04 Å². The van der Waals surface area contributed by atoms with Gasteiger partial charge in [-0.25, -0.2) is 0 Å². The Balaban J connectivity index is 2.14. The molecule has 1 saturated carbocycles. The second-order valence-electron chi connectivity index (χ2n) is 2.37. The van der Waals surface area contributed by atoms with Crippen molar-refractivity contribution < 1.29 is 5.11 Å². The maximum absolute atomic E-state index is 9.05. The highest BCUT2D eigenvalue weighted by Gasteiger charge is 2.21. The van der Waals surface area contributed by atoms with Crippen LogP contribution in [0.15, 0.2) is 0 Å². The minimum absolute atomic E-state index is 0.0806. The highest BCUT2D eigenvalue weighted by molar-refractivity contribution is 8.67. The summed E-state index contributed by atoms with van der Waals surface area (Å²) in [6.07, 6.45) is 2.82. The Labute approximate surface area is 64.4 Å². The molecule has 0 spiro atoms. The molecule has 1 fully saturated rings. The van der Waals surface area contributed by atoms with E-state index in [0.717, 1.165) is 19.3 Å². The van der Waals surface area contributed by atoms with Crippen molar-refractivity contribution in [3.63, 3.8) is 0 Å². The molecule has 0 aliphatic heterocycles. The van der Waals surface area contributed by atoms with E-state index in [1.54, 1.807) is 0 Å². The summed E-state index contributed by atoms with van der Waals surface area (Å²) in [6, 6.07) is 0.475. The lowest BCUT2D eigenvalue weighted by molar-refractivity contribution is 0.181. The molecule has 0 unspecified atom stereocenters. The molecule has 4 heteroatoms. The first-order valence-corrected chi connectivity index (χ1v) is 4.94. The van der Waals surface area contributed by atoms with Crippen molar-refractivity contribution in [3.05, 3.63) is 0 Å². The Kier molecular flexibility index (Phi) is 3.18. The number of aliphatic hydroxyl groups excluding tert-OH is 1. The molecule has 2 atom stereocenters. The van der Waals surface area contributed by atoms with Crippen molar-refractivity contribution in [3.8, 4) is 0 Å². The summed E-state index contributed by atoms with van der Waals surface area (Å²) < 4.78 is 3.10. The van der Waals surface area contributed by atoms with Crippen LogP contribution in [0.3, 0.4) is 0 Å². The molecule has 0 aromatic rings. The van der Waals surface area contributed by atoms with Crippen LogP contribution < -0.4 is 4.72 Å². The Bertz CT molecular complexity index is 89.0. The normalized spacial score (nSPS) is 35.3. The minimum atomic E-state index is -0.0806. The number of rotatable bonds is 2. The standard InChI is InChI=1S/C5H11NOS2/c7-5-2-1-4(3-5)6-9-8/h4-8H,1-3H2/t4-,5-/m0/s1. The van der Waals surface area contributed by atoms with Crippen LogP contribution in [-0.4, -0.2) is 17.3 Å². The van der Waals surface area contributed by atoms with Crippen molar-refractivity contribution in [2.75, 3.05) is 0 Å². The third kappa shape index (κ3) is 2.37. The first kappa shape index (κ1) is 7.72. The number of aliphatic hydroxyl groups is 1. The van der Waals surface area contributed by atoms with Gasteiger partial charge < -0.3 is 5.11 Å². The molecule has 2 nitrogen and oxygen atoms in total. The Morgan fingerprint density at radius 1 is 1.56 bits per heavy atom. The summed E-state index contributed by atoms with van der Waals surface area (Å²) in [5, 5.41) is 9.05. The van der Waals surface area contributed by atoms with Crippen molar-refractivity contribution >= 4 is 22.6 Å². The first-order valence-electron chi connectivity index (χ1n) is 3.07. The van der Waals surface area contributed by atoms with E-state index < -0.39 is 0 Å². The molecule has 0 aromatic heterocycles. The van der Waals surface area contributed by atoms with Crippen molar-refractivity contribution in [2.24, 2.45) is 0 Å². The number of hydrogen-bond donors (Lipinski definition) is 3.